The topological polar surface area (TPSA) is 32.8 Å². The van der Waals surface area contributed by atoms with Crippen LogP contribution in [0.25, 0.3) is 0 Å². The Hall–Kier alpha value is -2.33. The summed E-state index contributed by atoms with van der Waals surface area (Å²) in [5.74, 6) is 1.11. The molecule has 4 heteroatoms. The highest BCUT2D eigenvalue weighted by Crippen LogP contribution is 2.44. The molecule has 0 bridgehead atoms. The fraction of sp³-hybridized carbons (Fsp3) is 0.381. The number of anilines is 1. The van der Waals surface area contributed by atoms with E-state index in [-0.39, 0.29) is 17.9 Å². The predicted octanol–water partition coefficient (Wildman–Crippen LogP) is 3.50. The van der Waals surface area contributed by atoms with E-state index in [0.717, 1.165) is 31.1 Å². The van der Waals surface area contributed by atoms with E-state index in [0.29, 0.717) is 0 Å². The lowest BCUT2D eigenvalue weighted by molar-refractivity contribution is -0.131. The standard InChI is InChI=1S/C21H24N2O2/c1-25-18-11-9-16(10-12-18)20-19(15-22-13-5-6-14-22)21(24)23(20)17-7-3-2-4-8-17/h2-4,7-12,19-20H,5-6,13-15H2,1H3. The van der Waals surface area contributed by atoms with Crippen molar-refractivity contribution in [2.45, 2.75) is 18.9 Å². The molecule has 0 aromatic heterocycles. The first-order valence-corrected chi connectivity index (χ1v) is 9.02. The van der Waals surface area contributed by atoms with Crippen LogP contribution in [0.4, 0.5) is 5.69 Å². The quantitative estimate of drug-likeness (QED) is 0.784. The summed E-state index contributed by atoms with van der Waals surface area (Å²) in [6.07, 6.45) is 2.49. The van der Waals surface area contributed by atoms with Crippen LogP contribution in [0, 0.1) is 5.92 Å². The molecule has 2 unspecified atom stereocenters. The van der Waals surface area contributed by atoms with E-state index in [1.54, 1.807) is 7.11 Å². The van der Waals surface area contributed by atoms with Gasteiger partial charge in [-0.05, 0) is 55.8 Å². The van der Waals surface area contributed by atoms with Crippen LogP contribution in [0.2, 0.25) is 0 Å². The molecule has 4 nitrogen and oxygen atoms in total. The minimum absolute atomic E-state index is 0.0340. The third-order valence-electron chi connectivity index (χ3n) is 5.36. The number of likely N-dealkylation sites (tertiary alicyclic amines) is 1. The van der Waals surface area contributed by atoms with Gasteiger partial charge in [0.1, 0.15) is 5.75 Å². The van der Waals surface area contributed by atoms with Gasteiger partial charge in [-0.2, -0.15) is 0 Å². The average molecular weight is 336 g/mol. The molecule has 1 amide bonds. The number of hydrogen-bond donors (Lipinski definition) is 0. The second-order valence-electron chi connectivity index (χ2n) is 6.88. The van der Waals surface area contributed by atoms with E-state index in [2.05, 4.69) is 17.0 Å². The fourth-order valence-corrected chi connectivity index (χ4v) is 4.03. The minimum atomic E-state index is 0.0340. The molecular formula is C21H24N2O2. The van der Waals surface area contributed by atoms with Crippen molar-refractivity contribution >= 4 is 11.6 Å². The molecule has 25 heavy (non-hydrogen) atoms. The van der Waals surface area contributed by atoms with Gasteiger partial charge in [-0.3, -0.25) is 4.79 Å². The summed E-state index contributed by atoms with van der Waals surface area (Å²) in [4.78, 5) is 17.3. The Balaban J connectivity index is 1.63. The molecule has 2 saturated heterocycles. The van der Waals surface area contributed by atoms with Gasteiger partial charge in [-0.1, -0.05) is 30.3 Å². The Morgan fingerprint density at radius 2 is 1.68 bits per heavy atom. The first-order chi connectivity index (χ1) is 12.3. The number of carbonyl (C=O) groups excluding carboxylic acids is 1. The van der Waals surface area contributed by atoms with Crippen LogP contribution in [0.1, 0.15) is 24.4 Å². The summed E-state index contributed by atoms with van der Waals surface area (Å²) in [5, 5.41) is 0. The number of rotatable bonds is 5. The number of methoxy groups -OCH3 is 1. The smallest absolute Gasteiger partial charge is 0.234 e. The van der Waals surface area contributed by atoms with E-state index >= 15 is 0 Å². The van der Waals surface area contributed by atoms with Gasteiger partial charge in [0, 0.05) is 12.2 Å². The van der Waals surface area contributed by atoms with Gasteiger partial charge in [0.2, 0.25) is 5.91 Å². The molecule has 2 aliphatic rings. The number of carbonyl (C=O) groups is 1. The molecule has 2 aromatic carbocycles. The van der Waals surface area contributed by atoms with Crippen LogP contribution in [0.5, 0.6) is 5.75 Å². The number of hydrogen-bond acceptors (Lipinski definition) is 3. The zero-order valence-corrected chi connectivity index (χ0v) is 14.6. The molecule has 2 atom stereocenters. The molecule has 2 aliphatic heterocycles. The maximum Gasteiger partial charge on any atom is 0.234 e. The first-order valence-electron chi connectivity index (χ1n) is 9.02. The summed E-state index contributed by atoms with van der Waals surface area (Å²) in [5.41, 5.74) is 2.15. The molecule has 2 fully saturated rings. The van der Waals surface area contributed by atoms with E-state index in [1.807, 2.05) is 47.4 Å². The van der Waals surface area contributed by atoms with Crippen molar-refractivity contribution in [1.29, 1.82) is 0 Å². The van der Waals surface area contributed by atoms with Crippen molar-refractivity contribution in [3.05, 3.63) is 60.2 Å². The lowest BCUT2D eigenvalue weighted by Gasteiger charge is -2.48. The zero-order chi connectivity index (χ0) is 17.2. The third kappa shape index (κ3) is 3.02. The first kappa shape index (κ1) is 16.2. The minimum Gasteiger partial charge on any atom is -0.497 e. The number of para-hydroxylation sites is 1. The van der Waals surface area contributed by atoms with Crippen molar-refractivity contribution in [3.63, 3.8) is 0 Å². The van der Waals surface area contributed by atoms with Crippen molar-refractivity contribution in [3.8, 4) is 5.75 Å². The second kappa shape index (κ2) is 6.89. The molecule has 0 radical (unpaired) electrons. The Morgan fingerprint density at radius 1 is 1.00 bits per heavy atom. The van der Waals surface area contributed by atoms with Gasteiger partial charge in [-0.15, -0.1) is 0 Å². The van der Waals surface area contributed by atoms with E-state index in [9.17, 15) is 4.79 Å². The average Bonchev–Trinajstić information content (AvgIpc) is 3.18. The molecule has 2 heterocycles. The van der Waals surface area contributed by atoms with Gasteiger partial charge in [0.25, 0.3) is 0 Å². The molecule has 0 spiro atoms. The van der Waals surface area contributed by atoms with Crippen molar-refractivity contribution < 1.29 is 9.53 Å². The molecule has 2 aromatic rings. The van der Waals surface area contributed by atoms with E-state index in [4.69, 9.17) is 4.74 Å². The number of amides is 1. The van der Waals surface area contributed by atoms with Gasteiger partial charge in [-0.25, -0.2) is 0 Å². The molecule has 0 N–H and O–H groups in total. The zero-order valence-electron chi connectivity index (χ0n) is 14.6. The molecule has 130 valence electrons. The Kier molecular flexibility index (Phi) is 4.45. The highest BCUT2D eigenvalue weighted by molar-refractivity contribution is 6.03. The summed E-state index contributed by atoms with van der Waals surface area (Å²) < 4.78 is 5.28. The lowest BCUT2D eigenvalue weighted by Crippen LogP contribution is -2.58. The number of ether oxygens (including phenoxy) is 1. The summed E-state index contributed by atoms with van der Waals surface area (Å²) in [6.45, 7) is 3.09. The highest BCUT2D eigenvalue weighted by Gasteiger charge is 2.49. The highest BCUT2D eigenvalue weighted by atomic mass is 16.5. The second-order valence-corrected chi connectivity index (χ2v) is 6.88. The molecule has 0 aliphatic carbocycles. The van der Waals surface area contributed by atoms with Gasteiger partial charge < -0.3 is 14.5 Å². The predicted molar refractivity (Wildman–Crippen MR) is 98.8 cm³/mol. The summed E-state index contributed by atoms with van der Waals surface area (Å²) in [7, 11) is 1.67. The Morgan fingerprint density at radius 3 is 2.32 bits per heavy atom. The largest absolute Gasteiger partial charge is 0.497 e. The maximum atomic E-state index is 12.9. The van der Waals surface area contributed by atoms with Crippen LogP contribution in [-0.2, 0) is 4.79 Å². The van der Waals surface area contributed by atoms with E-state index in [1.165, 1.54) is 18.4 Å². The Labute approximate surface area is 149 Å². The normalized spacial score (nSPS) is 23.6. The third-order valence-corrected chi connectivity index (χ3v) is 5.36. The molecular weight excluding hydrogens is 312 g/mol. The van der Waals surface area contributed by atoms with E-state index < -0.39 is 0 Å². The van der Waals surface area contributed by atoms with Crippen LogP contribution in [0.15, 0.2) is 54.6 Å². The van der Waals surface area contributed by atoms with Crippen LogP contribution in [-0.4, -0.2) is 37.6 Å². The van der Waals surface area contributed by atoms with Crippen molar-refractivity contribution in [2.75, 3.05) is 31.6 Å². The SMILES string of the molecule is COc1ccc(C2C(CN3CCCC3)C(=O)N2c2ccccc2)cc1. The molecule has 0 saturated carbocycles. The number of nitrogens with zero attached hydrogens (tertiary/aromatic N) is 2. The van der Waals surface area contributed by atoms with Crippen LogP contribution < -0.4 is 9.64 Å². The Bertz CT molecular complexity index is 723. The van der Waals surface area contributed by atoms with Crippen molar-refractivity contribution in [1.82, 2.24) is 4.90 Å². The lowest BCUT2D eigenvalue weighted by atomic mass is 9.81. The van der Waals surface area contributed by atoms with Crippen LogP contribution in [0.3, 0.4) is 0 Å². The summed E-state index contributed by atoms with van der Waals surface area (Å²) >= 11 is 0. The number of benzene rings is 2. The van der Waals surface area contributed by atoms with Gasteiger partial charge in [0.15, 0.2) is 0 Å². The van der Waals surface area contributed by atoms with Gasteiger partial charge >= 0.3 is 0 Å². The van der Waals surface area contributed by atoms with Gasteiger partial charge in [0.05, 0.1) is 19.1 Å². The summed E-state index contributed by atoms with van der Waals surface area (Å²) in [6, 6.07) is 18.2. The fourth-order valence-electron chi connectivity index (χ4n) is 4.03. The number of β-lactam (4-membered cyclic amide) rings is 1. The van der Waals surface area contributed by atoms with Crippen LogP contribution >= 0.6 is 0 Å². The monoisotopic (exact) mass is 336 g/mol. The maximum absolute atomic E-state index is 12.9. The molecule has 4 rings (SSSR count). The van der Waals surface area contributed by atoms with Crippen molar-refractivity contribution in [2.24, 2.45) is 5.92 Å².